The zero-order chi connectivity index (χ0) is 13.2. The molecule has 3 rings (SSSR count). The van der Waals surface area contributed by atoms with Crippen LogP contribution in [0.1, 0.15) is 30.7 Å². The van der Waals surface area contributed by atoms with Crippen LogP contribution in [-0.4, -0.2) is 36.7 Å². The molecular weight excluding hydrogens is 260 g/mol. The van der Waals surface area contributed by atoms with Crippen molar-refractivity contribution in [1.29, 1.82) is 0 Å². The normalized spacial score (nSPS) is 25.1. The minimum absolute atomic E-state index is 0.0566. The third kappa shape index (κ3) is 2.92. The van der Waals surface area contributed by atoms with Gasteiger partial charge >= 0.3 is 6.03 Å². The average molecular weight is 280 g/mol. The maximum atomic E-state index is 12.4. The third-order valence-corrected chi connectivity index (χ3v) is 4.96. The second-order valence-electron chi connectivity index (χ2n) is 5.36. The van der Waals surface area contributed by atoms with Crippen molar-refractivity contribution < 1.29 is 9.53 Å². The number of nitrogens with one attached hydrogen (secondary N) is 1. The monoisotopic (exact) mass is 280 g/mol. The Kier molecular flexibility index (Phi) is 3.75. The molecule has 2 aliphatic rings. The maximum absolute atomic E-state index is 12.4. The van der Waals surface area contributed by atoms with E-state index in [4.69, 9.17) is 4.74 Å². The Hall–Kier alpha value is -1.07. The maximum Gasteiger partial charge on any atom is 0.318 e. The van der Waals surface area contributed by atoms with E-state index in [0.717, 1.165) is 0 Å². The molecule has 1 aromatic rings. The minimum atomic E-state index is 0.0566. The lowest BCUT2D eigenvalue weighted by Crippen LogP contribution is -2.53. The molecule has 5 heteroatoms. The van der Waals surface area contributed by atoms with Crippen LogP contribution in [0.25, 0.3) is 0 Å². The predicted octanol–water partition coefficient (Wildman–Crippen LogP) is 2.63. The number of hydrogen-bond donors (Lipinski definition) is 1. The van der Waals surface area contributed by atoms with Crippen LogP contribution in [0, 0.1) is 5.92 Å². The summed E-state index contributed by atoms with van der Waals surface area (Å²) in [7, 11) is 0. The van der Waals surface area contributed by atoms with Gasteiger partial charge in [0, 0.05) is 11.4 Å². The number of carbonyl (C=O) groups is 1. The van der Waals surface area contributed by atoms with Crippen LogP contribution in [0.5, 0.6) is 0 Å². The molecule has 1 N–H and O–H groups in total. The first-order valence-electron chi connectivity index (χ1n) is 6.94. The summed E-state index contributed by atoms with van der Waals surface area (Å²) in [5.74, 6) is 0.656. The minimum Gasteiger partial charge on any atom is -0.377 e. The summed E-state index contributed by atoms with van der Waals surface area (Å²) in [6, 6.07) is 4.50. The molecule has 2 amide bonds. The first kappa shape index (κ1) is 12.9. The van der Waals surface area contributed by atoms with Crippen LogP contribution < -0.4 is 5.32 Å². The first-order valence-corrected chi connectivity index (χ1v) is 7.82. The fourth-order valence-corrected chi connectivity index (χ4v) is 3.36. The van der Waals surface area contributed by atoms with Crippen molar-refractivity contribution in [3.8, 4) is 0 Å². The summed E-state index contributed by atoms with van der Waals surface area (Å²) in [5, 5.41) is 5.15. The van der Waals surface area contributed by atoms with Crippen molar-refractivity contribution in [2.24, 2.45) is 5.92 Å². The van der Waals surface area contributed by atoms with Crippen LogP contribution in [0.2, 0.25) is 0 Å². The molecule has 0 spiro atoms. The SMILES string of the molecule is C[C@H](NC(=O)N1CCOC[C@H]1C1CC1)c1cccs1. The fourth-order valence-electron chi connectivity index (χ4n) is 2.62. The lowest BCUT2D eigenvalue weighted by atomic mass is 10.1. The van der Waals surface area contributed by atoms with Crippen molar-refractivity contribution in [2.45, 2.75) is 31.8 Å². The number of urea groups is 1. The van der Waals surface area contributed by atoms with Gasteiger partial charge in [0.05, 0.1) is 25.3 Å². The lowest BCUT2D eigenvalue weighted by molar-refractivity contribution is 0.00424. The van der Waals surface area contributed by atoms with Gasteiger partial charge in [0.15, 0.2) is 0 Å². The van der Waals surface area contributed by atoms with Gasteiger partial charge in [-0.2, -0.15) is 0 Å². The molecule has 1 saturated heterocycles. The van der Waals surface area contributed by atoms with E-state index in [0.29, 0.717) is 25.7 Å². The van der Waals surface area contributed by atoms with Crippen molar-refractivity contribution in [3.63, 3.8) is 0 Å². The number of morpholine rings is 1. The van der Waals surface area contributed by atoms with Gasteiger partial charge in [0.2, 0.25) is 0 Å². The van der Waals surface area contributed by atoms with Gasteiger partial charge in [-0.1, -0.05) is 6.07 Å². The molecule has 1 saturated carbocycles. The zero-order valence-corrected chi connectivity index (χ0v) is 12.0. The quantitative estimate of drug-likeness (QED) is 0.924. The Balaban J connectivity index is 1.62. The third-order valence-electron chi connectivity index (χ3n) is 3.90. The fraction of sp³-hybridized carbons (Fsp3) is 0.643. The second-order valence-corrected chi connectivity index (χ2v) is 6.34. The molecule has 1 aliphatic heterocycles. The number of hydrogen-bond acceptors (Lipinski definition) is 3. The summed E-state index contributed by atoms with van der Waals surface area (Å²) >= 11 is 1.68. The van der Waals surface area contributed by atoms with Crippen molar-refractivity contribution in [2.75, 3.05) is 19.8 Å². The summed E-state index contributed by atoms with van der Waals surface area (Å²) in [4.78, 5) is 15.6. The van der Waals surface area contributed by atoms with Gasteiger partial charge in [-0.25, -0.2) is 4.79 Å². The highest BCUT2D eigenvalue weighted by Crippen LogP contribution is 2.36. The largest absolute Gasteiger partial charge is 0.377 e. The molecule has 2 fully saturated rings. The average Bonchev–Trinajstić information content (AvgIpc) is 3.12. The van der Waals surface area contributed by atoms with Gasteiger partial charge in [0.25, 0.3) is 0 Å². The van der Waals surface area contributed by atoms with E-state index in [1.807, 2.05) is 23.3 Å². The second kappa shape index (κ2) is 5.51. The molecule has 0 bridgehead atoms. The molecule has 19 heavy (non-hydrogen) atoms. The van der Waals surface area contributed by atoms with E-state index >= 15 is 0 Å². The number of ether oxygens (including phenoxy) is 1. The highest BCUT2D eigenvalue weighted by molar-refractivity contribution is 7.10. The molecule has 2 atom stereocenters. The molecule has 104 valence electrons. The first-order chi connectivity index (χ1) is 9.25. The molecule has 1 aromatic heterocycles. The number of rotatable bonds is 3. The van der Waals surface area contributed by atoms with Gasteiger partial charge in [-0.15, -0.1) is 11.3 Å². The van der Waals surface area contributed by atoms with E-state index in [1.54, 1.807) is 11.3 Å². The van der Waals surface area contributed by atoms with Gasteiger partial charge in [-0.3, -0.25) is 0 Å². The van der Waals surface area contributed by atoms with Gasteiger partial charge in [0.1, 0.15) is 0 Å². The van der Waals surface area contributed by atoms with Crippen LogP contribution in [0.4, 0.5) is 4.79 Å². The highest BCUT2D eigenvalue weighted by atomic mass is 32.1. The predicted molar refractivity (Wildman–Crippen MR) is 75.3 cm³/mol. The lowest BCUT2D eigenvalue weighted by Gasteiger charge is -2.36. The summed E-state index contributed by atoms with van der Waals surface area (Å²) in [5.41, 5.74) is 0. The molecule has 4 nitrogen and oxygen atoms in total. The van der Waals surface area contributed by atoms with Crippen molar-refractivity contribution >= 4 is 17.4 Å². The van der Waals surface area contributed by atoms with Gasteiger partial charge < -0.3 is 15.0 Å². The Labute approximate surface area is 117 Å². The van der Waals surface area contributed by atoms with E-state index in [1.165, 1.54) is 17.7 Å². The Bertz CT molecular complexity index is 431. The number of nitrogens with zero attached hydrogens (tertiary/aromatic N) is 1. The molecule has 0 unspecified atom stereocenters. The van der Waals surface area contributed by atoms with Crippen LogP contribution in [0.3, 0.4) is 0 Å². The smallest absolute Gasteiger partial charge is 0.318 e. The van der Waals surface area contributed by atoms with Crippen molar-refractivity contribution in [1.82, 2.24) is 10.2 Å². The Morgan fingerprint density at radius 2 is 2.42 bits per heavy atom. The zero-order valence-electron chi connectivity index (χ0n) is 11.2. The number of thiophene rings is 1. The van der Waals surface area contributed by atoms with E-state index in [2.05, 4.69) is 11.4 Å². The molecule has 0 radical (unpaired) electrons. The molecule has 0 aromatic carbocycles. The van der Waals surface area contributed by atoms with Crippen LogP contribution in [0.15, 0.2) is 17.5 Å². The summed E-state index contributed by atoms with van der Waals surface area (Å²) in [6.45, 7) is 4.11. The Morgan fingerprint density at radius 1 is 1.58 bits per heavy atom. The number of carbonyl (C=O) groups excluding carboxylic acids is 1. The van der Waals surface area contributed by atoms with E-state index < -0.39 is 0 Å². The van der Waals surface area contributed by atoms with E-state index in [9.17, 15) is 4.79 Å². The number of amides is 2. The molecule has 2 heterocycles. The van der Waals surface area contributed by atoms with E-state index in [-0.39, 0.29) is 18.1 Å². The molecular formula is C14H20N2O2S. The van der Waals surface area contributed by atoms with Crippen LogP contribution in [-0.2, 0) is 4.74 Å². The van der Waals surface area contributed by atoms with Crippen molar-refractivity contribution in [3.05, 3.63) is 22.4 Å². The standard InChI is InChI=1S/C14H20N2O2S/c1-10(13-3-2-8-19-13)15-14(17)16-6-7-18-9-12(16)11-4-5-11/h2-3,8,10-12H,4-7,9H2,1H3,(H,15,17)/t10-,12-/m0/s1. The summed E-state index contributed by atoms with van der Waals surface area (Å²) in [6.07, 6.45) is 2.47. The Morgan fingerprint density at radius 3 is 3.11 bits per heavy atom. The van der Waals surface area contributed by atoms with Gasteiger partial charge in [-0.05, 0) is 37.1 Å². The topological polar surface area (TPSA) is 41.6 Å². The summed E-state index contributed by atoms with van der Waals surface area (Å²) < 4.78 is 5.52. The van der Waals surface area contributed by atoms with Crippen LogP contribution >= 0.6 is 11.3 Å². The highest BCUT2D eigenvalue weighted by Gasteiger charge is 2.39. The molecule has 1 aliphatic carbocycles.